The standard InChI is InChI=1S/C10H14ClNOS/c1-8(9-4-3-7-14-9)12-10(13)5-2-6-11/h3-4,7-8H,2,5-6H2,1H3,(H,12,13)/t8-/m1/s1. The van der Waals surface area contributed by atoms with Crippen LogP contribution < -0.4 is 5.32 Å². The first kappa shape index (κ1) is 11.5. The zero-order valence-electron chi connectivity index (χ0n) is 8.13. The molecule has 1 N–H and O–H groups in total. The summed E-state index contributed by atoms with van der Waals surface area (Å²) < 4.78 is 0. The Balaban J connectivity index is 2.33. The lowest BCUT2D eigenvalue weighted by atomic mass is 10.2. The monoisotopic (exact) mass is 231 g/mol. The summed E-state index contributed by atoms with van der Waals surface area (Å²) in [5.41, 5.74) is 0. The number of rotatable bonds is 5. The predicted octanol–water partition coefficient (Wildman–Crippen LogP) is 2.94. The molecule has 1 heterocycles. The molecule has 2 nitrogen and oxygen atoms in total. The second-order valence-corrected chi connectivity index (χ2v) is 4.45. The van der Waals surface area contributed by atoms with Gasteiger partial charge in [-0.3, -0.25) is 4.79 Å². The van der Waals surface area contributed by atoms with Gasteiger partial charge in [0.15, 0.2) is 0 Å². The van der Waals surface area contributed by atoms with Crippen LogP contribution in [0, 0.1) is 0 Å². The highest BCUT2D eigenvalue weighted by molar-refractivity contribution is 7.10. The van der Waals surface area contributed by atoms with Gasteiger partial charge in [0, 0.05) is 17.2 Å². The molecule has 0 bridgehead atoms. The summed E-state index contributed by atoms with van der Waals surface area (Å²) in [4.78, 5) is 12.5. The van der Waals surface area contributed by atoms with Crippen molar-refractivity contribution in [3.05, 3.63) is 22.4 Å². The molecule has 1 aromatic rings. The van der Waals surface area contributed by atoms with Gasteiger partial charge in [0.05, 0.1) is 6.04 Å². The molecular formula is C10H14ClNOS. The van der Waals surface area contributed by atoms with Crippen molar-refractivity contribution < 1.29 is 4.79 Å². The minimum Gasteiger partial charge on any atom is -0.349 e. The number of halogens is 1. The fraction of sp³-hybridized carbons (Fsp3) is 0.500. The third-order valence-electron chi connectivity index (χ3n) is 1.88. The van der Waals surface area contributed by atoms with Gasteiger partial charge in [-0.1, -0.05) is 6.07 Å². The van der Waals surface area contributed by atoms with Crippen LogP contribution in [0.4, 0.5) is 0 Å². The smallest absolute Gasteiger partial charge is 0.220 e. The molecule has 78 valence electrons. The van der Waals surface area contributed by atoms with Gasteiger partial charge in [0.1, 0.15) is 0 Å². The molecule has 1 atom stereocenters. The van der Waals surface area contributed by atoms with Crippen LogP contribution in [0.25, 0.3) is 0 Å². The van der Waals surface area contributed by atoms with Crippen molar-refractivity contribution in [2.24, 2.45) is 0 Å². The molecule has 0 radical (unpaired) electrons. The van der Waals surface area contributed by atoms with Gasteiger partial charge in [-0.05, 0) is 24.8 Å². The molecule has 1 amide bonds. The first-order valence-electron chi connectivity index (χ1n) is 4.62. The Morgan fingerprint density at radius 3 is 3.07 bits per heavy atom. The molecule has 4 heteroatoms. The lowest BCUT2D eigenvalue weighted by Crippen LogP contribution is -2.25. The molecule has 0 spiro atoms. The third-order valence-corrected chi connectivity index (χ3v) is 3.21. The van der Waals surface area contributed by atoms with Gasteiger partial charge < -0.3 is 5.32 Å². The van der Waals surface area contributed by atoms with E-state index in [0.717, 1.165) is 6.42 Å². The SMILES string of the molecule is C[C@@H](NC(=O)CCCCl)c1cccs1. The molecule has 0 aliphatic heterocycles. The van der Waals surface area contributed by atoms with E-state index < -0.39 is 0 Å². The second-order valence-electron chi connectivity index (χ2n) is 3.10. The fourth-order valence-corrected chi connectivity index (χ4v) is 2.02. The average Bonchev–Trinajstić information content (AvgIpc) is 2.67. The Bertz CT molecular complexity index is 274. The number of alkyl halides is 1. The highest BCUT2D eigenvalue weighted by Gasteiger charge is 2.09. The number of nitrogens with one attached hydrogen (secondary N) is 1. The normalized spacial score (nSPS) is 12.4. The van der Waals surface area contributed by atoms with Crippen molar-refractivity contribution in [3.63, 3.8) is 0 Å². The Kier molecular flexibility index (Phi) is 4.98. The molecule has 1 rings (SSSR count). The minimum atomic E-state index is 0.0755. The first-order chi connectivity index (χ1) is 6.74. The fourth-order valence-electron chi connectivity index (χ4n) is 1.15. The molecule has 0 fully saturated rings. The number of hydrogen-bond acceptors (Lipinski definition) is 2. The Morgan fingerprint density at radius 2 is 2.50 bits per heavy atom. The number of carbonyl (C=O) groups is 1. The zero-order valence-corrected chi connectivity index (χ0v) is 9.70. The van der Waals surface area contributed by atoms with Crippen LogP contribution in [0.1, 0.15) is 30.7 Å². The van der Waals surface area contributed by atoms with E-state index in [1.807, 2.05) is 24.4 Å². The largest absolute Gasteiger partial charge is 0.349 e. The molecule has 14 heavy (non-hydrogen) atoms. The van der Waals surface area contributed by atoms with Crippen LogP contribution in [0.15, 0.2) is 17.5 Å². The van der Waals surface area contributed by atoms with E-state index in [1.165, 1.54) is 4.88 Å². The van der Waals surface area contributed by atoms with Crippen molar-refractivity contribution in [1.82, 2.24) is 5.32 Å². The topological polar surface area (TPSA) is 29.1 Å². The number of hydrogen-bond donors (Lipinski definition) is 1. The summed E-state index contributed by atoms with van der Waals surface area (Å²) in [6.07, 6.45) is 1.25. The zero-order chi connectivity index (χ0) is 10.4. The number of amides is 1. The summed E-state index contributed by atoms with van der Waals surface area (Å²) in [5.74, 6) is 0.618. The van der Waals surface area contributed by atoms with E-state index in [0.29, 0.717) is 12.3 Å². The summed E-state index contributed by atoms with van der Waals surface area (Å²) in [6, 6.07) is 4.12. The van der Waals surface area contributed by atoms with Gasteiger partial charge >= 0.3 is 0 Å². The van der Waals surface area contributed by atoms with Gasteiger partial charge in [0.2, 0.25) is 5.91 Å². The highest BCUT2D eigenvalue weighted by Crippen LogP contribution is 2.18. The van der Waals surface area contributed by atoms with Crippen molar-refractivity contribution in [1.29, 1.82) is 0 Å². The summed E-state index contributed by atoms with van der Waals surface area (Å²) >= 11 is 7.16. The maximum Gasteiger partial charge on any atom is 0.220 e. The summed E-state index contributed by atoms with van der Waals surface area (Å²) in [6.45, 7) is 1.99. The van der Waals surface area contributed by atoms with Crippen molar-refractivity contribution in [2.45, 2.75) is 25.8 Å². The van der Waals surface area contributed by atoms with E-state index in [2.05, 4.69) is 5.32 Å². The van der Waals surface area contributed by atoms with E-state index in [-0.39, 0.29) is 11.9 Å². The van der Waals surface area contributed by atoms with Crippen LogP contribution in [0.2, 0.25) is 0 Å². The molecule has 0 aromatic carbocycles. The maximum absolute atomic E-state index is 11.3. The summed E-state index contributed by atoms with van der Waals surface area (Å²) in [5, 5.41) is 4.94. The lowest BCUT2D eigenvalue weighted by Gasteiger charge is -2.11. The average molecular weight is 232 g/mol. The van der Waals surface area contributed by atoms with Crippen molar-refractivity contribution in [2.75, 3.05) is 5.88 Å². The van der Waals surface area contributed by atoms with Crippen LogP contribution in [-0.2, 0) is 4.79 Å². The molecule has 0 aliphatic carbocycles. The van der Waals surface area contributed by atoms with Crippen LogP contribution in [0.3, 0.4) is 0 Å². The molecule has 1 aromatic heterocycles. The first-order valence-corrected chi connectivity index (χ1v) is 6.04. The van der Waals surface area contributed by atoms with Gasteiger partial charge in [-0.25, -0.2) is 0 Å². The Hall–Kier alpha value is -0.540. The molecule has 0 aliphatic rings. The second kappa shape index (κ2) is 6.04. The van der Waals surface area contributed by atoms with E-state index in [4.69, 9.17) is 11.6 Å². The minimum absolute atomic E-state index is 0.0755. The lowest BCUT2D eigenvalue weighted by molar-refractivity contribution is -0.121. The number of thiophene rings is 1. The van der Waals surface area contributed by atoms with Gasteiger partial charge in [0.25, 0.3) is 0 Å². The predicted molar refractivity (Wildman–Crippen MR) is 60.8 cm³/mol. The molecular weight excluding hydrogens is 218 g/mol. The van der Waals surface area contributed by atoms with Crippen LogP contribution in [-0.4, -0.2) is 11.8 Å². The van der Waals surface area contributed by atoms with E-state index in [9.17, 15) is 4.79 Å². The molecule has 0 saturated heterocycles. The molecule has 0 saturated carbocycles. The van der Waals surface area contributed by atoms with Crippen LogP contribution >= 0.6 is 22.9 Å². The number of carbonyl (C=O) groups excluding carboxylic acids is 1. The Morgan fingerprint density at radius 1 is 1.71 bits per heavy atom. The van der Waals surface area contributed by atoms with Crippen molar-refractivity contribution in [3.8, 4) is 0 Å². The van der Waals surface area contributed by atoms with E-state index >= 15 is 0 Å². The van der Waals surface area contributed by atoms with Gasteiger partial charge in [-0.2, -0.15) is 0 Å². The van der Waals surface area contributed by atoms with E-state index in [1.54, 1.807) is 11.3 Å². The van der Waals surface area contributed by atoms with Gasteiger partial charge in [-0.15, -0.1) is 22.9 Å². The van der Waals surface area contributed by atoms with Crippen molar-refractivity contribution >= 4 is 28.8 Å². The quantitative estimate of drug-likeness (QED) is 0.776. The van der Waals surface area contributed by atoms with Crippen LogP contribution in [0.5, 0.6) is 0 Å². The third kappa shape index (κ3) is 3.68. The highest BCUT2D eigenvalue weighted by atomic mass is 35.5. The maximum atomic E-state index is 11.3. The summed E-state index contributed by atoms with van der Waals surface area (Å²) in [7, 11) is 0. The molecule has 0 unspecified atom stereocenters. The Labute approximate surface area is 93.3 Å².